The van der Waals surface area contributed by atoms with Gasteiger partial charge >= 0.3 is 0 Å². The second-order valence-corrected chi connectivity index (χ2v) is 7.58. The van der Waals surface area contributed by atoms with E-state index in [-0.39, 0.29) is 6.04 Å². The highest BCUT2D eigenvalue weighted by molar-refractivity contribution is 5.65. The fourth-order valence-corrected chi connectivity index (χ4v) is 3.61. The molecular formula is C24H28N2O5. The van der Waals surface area contributed by atoms with Crippen LogP contribution in [0.2, 0.25) is 0 Å². The second-order valence-electron chi connectivity index (χ2n) is 7.58. The van der Waals surface area contributed by atoms with Gasteiger partial charge in [-0.25, -0.2) is 4.98 Å². The molecule has 0 radical (unpaired) electrons. The Morgan fingerprint density at radius 1 is 1.03 bits per heavy atom. The van der Waals surface area contributed by atoms with Crippen LogP contribution in [-0.4, -0.2) is 44.4 Å². The van der Waals surface area contributed by atoms with Crippen molar-refractivity contribution < 1.29 is 23.4 Å². The highest BCUT2D eigenvalue weighted by Crippen LogP contribution is 2.36. The first-order valence-corrected chi connectivity index (χ1v) is 10.3. The molecular weight excluding hydrogens is 396 g/mol. The van der Waals surface area contributed by atoms with Gasteiger partial charge in [-0.05, 0) is 50.7 Å². The molecule has 2 aromatic carbocycles. The minimum Gasteiger partial charge on any atom is -0.497 e. The van der Waals surface area contributed by atoms with Crippen LogP contribution in [0.25, 0.3) is 11.5 Å². The molecule has 0 bridgehead atoms. The minimum atomic E-state index is 0.158. The number of ether oxygens (including phenoxy) is 4. The summed E-state index contributed by atoms with van der Waals surface area (Å²) < 4.78 is 28.1. The molecule has 4 rings (SSSR count). The highest BCUT2D eigenvalue weighted by atomic mass is 16.6. The molecule has 1 aliphatic heterocycles. The molecule has 3 aromatic rings. The van der Waals surface area contributed by atoms with Crippen LogP contribution >= 0.6 is 0 Å². The summed E-state index contributed by atoms with van der Waals surface area (Å²) >= 11 is 0. The number of nitrogens with zero attached hydrogens (tertiary/aromatic N) is 2. The number of fused-ring (bicyclic) bond motifs is 1. The van der Waals surface area contributed by atoms with E-state index in [0.29, 0.717) is 31.4 Å². The van der Waals surface area contributed by atoms with Crippen molar-refractivity contribution in [1.82, 2.24) is 9.88 Å². The van der Waals surface area contributed by atoms with Gasteiger partial charge in [0.05, 0.1) is 25.5 Å². The van der Waals surface area contributed by atoms with Crippen LogP contribution in [0.1, 0.15) is 30.0 Å². The third-order valence-electron chi connectivity index (χ3n) is 5.64. The van der Waals surface area contributed by atoms with Gasteiger partial charge in [0.15, 0.2) is 11.5 Å². The van der Waals surface area contributed by atoms with E-state index >= 15 is 0 Å². The van der Waals surface area contributed by atoms with Crippen molar-refractivity contribution in [1.29, 1.82) is 0 Å². The molecule has 0 aliphatic carbocycles. The molecule has 1 atom stereocenters. The summed E-state index contributed by atoms with van der Waals surface area (Å²) in [6.07, 6.45) is 0. The Hall–Kier alpha value is -3.19. The predicted octanol–water partition coefficient (Wildman–Crippen LogP) is 4.63. The van der Waals surface area contributed by atoms with Gasteiger partial charge in [-0.15, -0.1) is 0 Å². The van der Waals surface area contributed by atoms with Crippen LogP contribution in [0.5, 0.6) is 23.0 Å². The Morgan fingerprint density at radius 2 is 1.81 bits per heavy atom. The van der Waals surface area contributed by atoms with Crippen molar-refractivity contribution in [3.63, 3.8) is 0 Å². The molecule has 1 aliphatic rings. The smallest absolute Gasteiger partial charge is 0.230 e. The maximum atomic E-state index is 5.98. The summed E-state index contributed by atoms with van der Waals surface area (Å²) in [6.45, 7) is 5.91. The van der Waals surface area contributed by atoms with Crippen LogP contribution in [0.4, 0.5) is 0 Å². The lowest BCUT2D eigenvalue weighted by atomic mass is 10.1. The molecule has 31 heavy (non-hydrogen) atoms. The van der Waals surface area contributed by atoms with E-state index in [4.69, 9.17) is 28.3 Å². The van der Waals surface area contributed by atoms with E-state index in [1.54, 1.807) is 14.2 Å². The Labute approximate surface area is 182 Å². The summed E-state index contributed by atoms with van der Waals surface area (Å²) in [5.41, 5.74) is 2.84. The zero-order chi connectivity index (χ0) is 22.0. The van der Waals surface area contributed by atoms with Gasteiger partial charge in [0.1, 0.15) is 30.5 Å². The van der Waals surface area contributed by atoms with Gasteiger partial charge in [-0.3, -0.25) is 4.90 Å². The third kappa shape index (κ3) is 4.32. The predicted molar refractivity (Wildman–Crippen MR) is 117 cm³/mol. The number of hydrogen-bond donors (Lipinski definition) is 0. The molecule has 0 unspecified atom stereocenters. The topological polar surface area (TPSA) is 66.2 Å². The van der Waals surface area contributed by atoms with Crippen LogP contribution in [0.15, 0.2) is 40.8 Å². The van der Waals surface area contributed by atoms with E-state index in [9.17, 15) is 0 Å². The van der Waals surface area contributed by atoms with E-state index in [1.807, 2.05) is 31.2 Å². The van der Waals surface area contributed by atoms with E-state index in [0.717, 1.165) is 39.8 Å². The van der Waals surface area contributed by atoms with E-state index < -0.39 is 0 Å². The summed E-state index contributed by atoms with van der Waals surface area (Å²) in [6, 6.07) is 11.9. The van der Waals surface area contributed by atoms with Gasteiger partial charge in [0, 0.05) is 18.7 Å². The summed E-state index contributed by atoms with van der Waals surface area (Å²) in [7, 11) is 5.32. The first-order valence-electron chi connectivity index (χ1n) is 10.3. The Morgan fingerprint density at radius 3 is 2.55 bits per heavy atom. The van der Waals surface area contributed by atoms with Crippen molar-refractivity contribution in [2.75, 3.05) is 34.5 Å². The highest BCUT2D eigenvalue weighted by Gasteiger charge is 2.21. The quantitative estimate of drug-likeness (QED) is 0.548. The number of oxazole rings is 1. The monoisotopic (exact) mass is 424 g/mol. The standard InChI is InChI=1S/C24H28N2O5/c1-15(17-6-9-21-23(12-17)30-11-10-29-21)26(3)14-20-16(2)31-24(25-20)19-8-7-18(27-4)13-22(19)28-5/h6-9,12-13,15H,10-11,14H2,1-5H3/t15-/m0/s1. The normalized spacial score (nSPS) is 13.9. The average molecular weight is 424 g/mol. The lowest BCUT2D eigenvalue weighted by Crippen LogP contribution is -2.23. The minimum absolute atomic E-state index is 0.158. The summed E-state index contributed by atoms with van der Waals surface area (Å²) in [5, 5.41) is 0. The Balaban J connectivity index is 1.53. The SMILES string of the molecule is COc1ccc(-c2nc(CN(C)[C@@H](C)c3ccc4c(c3)OCCO4)c(C)o2)c(OC)c1. The molecule has 0 saturated carbocycles. The molecule has 164 valence electrons. The van der Waals surface area contributed by atoms with Crippen LogP contribution in [0.3, 0.4) is 0 Å². The van der Waals surface area contributed by atoms with E-state index in [1.165, 1.54) is 0 Å². The maximum Gasteiger partial charge on any atom is 0.230 e. The van der Waals surface area contributed by atoms with Crippen molar-refractivity contribution >= 4 is 0 Å². The van der Waals surface area contributed by atoms with Gasteiger partial charge < -0.3 is 23.4 Å². The number of methoxy groups -OCH3 is 2. The van der Waals surface area contributed by atoms with Crippen molar-refractivity contribution in [2.24, 2.45) is 0 Å². The number of rotatable bonds is 7. The molecule has 0 amide bonds. The zero-order valence-electron chi connectivity index (χ0n) is 18.6. The first kappa shape index (κ1) is 21.1. The van der Waals surface area contributed by atoms with Crippen molar-refractivity contribution in [3.05, 3.63) is 53.4 Å². The van der Waals surface area contributed by atoms with Gasteiger partial charge in [-0.1, -0.05) is 6.07 Å². The molecule has 0 fully saturated rings. The summed E-state index contributed by atoms with van der Waals surface area (Å²) in [5.74, 6) is 4.30. The Bertz CT molecular complexity index is 1060. The average Bonchev–Trinajstić information content (AvgIpc) is 3.17. The van der Waals surface area contributed by atoms with Gasteiger partial charge in [0.2, 0.25) is 5.89 Å². The molecule has 7 nitrogen and oxygen atoms in total. The molecule has 0 saturated heterocycles. The molecule has 7 heteroatoms. The molecule has 0 spiro atoms. The fourth-order valence-electron chi connectivity index (χ4n) is 3.61. The van der Waals surface area contributed by atoms with Crippen molar-refractivity contribution in [3.8, 4) is 34.5 Å². The molecule has 0 N–H and O–H groups in total. The summed E-state index contributed by atoms with van der Waals surface area (Å²) in [4.78, 5) is 6.98. The maximum absolute atomic E-state index is 5.98. The second kappa shape index (κ2) is 8.89. The molecule has 2 heterocycles. The van der Waals surface area contributed by atoms with Crippen LogP contribution in [0, 0.1) is 6.92 Å². The zero-order valence-corrected chi connectivity index (χ0v) is 18.6. The lowest BCUT2D eigenvalue weighted by molar-refractivity contribution is 0.170. The van der Waals surface area contributed by atoms with Crippen LogP contribution in [-0.2, 0) is 6.54 Å². The number of benzene rings is 2. The third-order valence-corrected chi connectivity index (χ3v) is 5.64. The van der Waals surface area contributed by atoms with Gasteiger partial charge in [-0.2, -0.15) is 0 Å². The van der Waals surface area contributed by atoms with E-state index in [2.05, 4.69) is 31.0 Å². The van der Waals surface area contributed by atoms with Crippen LogP contribution < -0.4 is 18.9 Å². The number of aryl methyl sites for hydroxylation is 1. The first-order chi connectivity index (χ1) is 15.0. The Kier molecular flexibility index (Phi) is 6.04. The lowest BCUT2D eigenvalue weighted by Gasteiger charge is -2.26. The molecule has 1 aromatic heterocycles. The largest absolute Gasteiger partial charge is 0.497 e. The fraction of sp³-hybridized carbons (Fsp3) is 0.375. The van der Waals surface area contributed by atoms with Crippen molar-refractivity contribution in [2.45, 2.75) is 26.4 Å². The van der Waals surface area contributed by atoms with Gasteiger partial charge in [0.25, 0.3) is 0 Å². The number of aromatic nitrogens is 1. The number of hydrogen-bond acceptors (Lipinski definition) is 7.